The van der Waals surface area contributed by atoms with Gasteiger partial charge in [-0.1, -0.05) is 0 Å². The van der Waals surface area contributed by atoms with Crippen LogP contribution in [0.15, 0.2) is 0 Å². The number of aliphatic carboxylic acids is 1. The molecule has 0 aromatic rings. The highest BCUT2D eigenvalue weighted by atomic mass is 16.4. The Balaban J connectivity index is 2.48. The van der Waals surface area contributed by atoms with Gasteiger partial charge in [0, 0.05) is 12.1 Å². The summed E-state index contributed by atoms with van der Waals surface area (Å²) in [6.45, 7) is 3.69. The highest BCUT2D eigenvalue weighted by Gasteiger charge is 2.29. The zero-order valence-corrected chi connectivity index (χ0v) is 10.2. The van der Waals surface area contributed by atoms with E-state index in [0.717, 1.165) is 19.3 Å². The first kappa shape index (κ1) is 13.8. The number of carboxylic acid groups (broad SMARTS) is 1. The molecule has 1 saturated heterocycles. The van der Waals surface area contributed by atoms with Gasteiger partial charge in [0.05, 0.1) is 6.54 Å². The molecule has 2 amide bonds. The molecule has 3 atom stereocenters. The molecule has 1 fully saturated rings. The molecular weight excluding hydrogens is 224 g/mol. The van der Waals surface area contributed by atoms with Gasteiger partial charge in [0.25, 0.3) is 0 Å². The predicted molar refractivity (Wildman–Crippen MR) is 61.7 cm³/mol. The Hall–Kier alpha value is -1.30. The lowest BCUT2D eigenvalue weighted by Crippen LogP contribution is -2.53. The van der Waals surface area contributed by atoms with Crippen LogP contribution in [0.3, 0.4) is 0 Å². The molecule has 0 radical (unpaired) electrons. The lowest BCUT2D eigenvalue weighted by molar-refractivity contribution is -0.146. The Morgan fingerprint density at radius 3 is 2.35 bits per heavy atom. The zero-order valence-electron chi connectivity index (χ0n) is 10.2. The second-order valence-corrected chi connectivity index (χ2v) is 4.58. The van der Waals surface area contributed by atoms with Crippen molar-refractivity contribution >= 4 is 12.0 Å². The largest absolute Gasteiger partial charge is 0.479 e. The lowest BCUT2D eigenvalue weighted by Gasteiger charge is -2.39. The minimum atomic E-state index is -1.55. The molecule has 1 aliphatic heterocycles. The summed E-state index contributed by atoms with van der Waals surface area (Å²) in [5.74, 6) is -1.33. The first-order valence-electron chi connectivity index (χ1n) is 5.90. The summed E-state index contributed by atoms with van der Waals surface area (Å²) in [5, 5.41) is 20.0. The number of hydrogen-bond donors (Lipinski definition) is 3. The third-order valence-corrected chi connectivity index (χ3v) is 3.16. The Bertz CT molecular complexity index is 285. The Kier molecular flexibility index (Phi) is 4.74. The number of aliphatic hydroxyl groups is 1. The van der Waals surface area contributed by atoms with Crippen molar-refractivity contribution in [2.75, 3.05) is 6.54 Å². The summed E-state index contributed by atoms with van der Waals surface area (Å²) >= 11 is 0. The van der Waals surface area contributed by atoms with Crippen molar-refractivity contribution in [3.8, 4) is 0 Å². The summed E-state index contributed by atoms with van der Waals surface area (Å²) in [6, 6.07) is 0.00596. The maximum absolute atomic E-state index is 11.9. The topological polar surface area (TPSA) is 89.9 Å². The Labute approximate surface area is 101 Å². The fourth-order valence-corrected chi connectivity index (χ4v) is 2.18. The number of carbonyl (C=O) groups excluding carboxylic acids is 1. The number of urea groups is 1. The van der Waals surface area contributed by atoms with Gasteiger partial charge in [-0.3, -0.25) is 0 Å². The van der Waals surface area contributed by atoms with E-state index in [1.807, 2.05) is 13.8 Å². The van der Waals surface area contributed by atoms with E-state index in [0.29, 0.717) is 0 Å². The summed E-state index contributed by atoms with van der Waals surface area (Å²) < 4.78 is 0. The highest BCUT2D eigenvalue weighted by molar-refractivity contribution is 5.77. The van der Waals surface area contributed by atoms with E-state index in [2.05, 4.69) is 5.32 Å². The molecule has 0 spiro atoms. The van der Waals surface area contributed by atoms with Crippen LogP contribution in [0.2, 0.25) is 0 Å². The minimum Gasteiger partial charge on any atom is -0.479 e. The predicted octanol–water partition coefficient (Wildman–Crippen LogP) is 0.404. The fraction of sp³-hybridized carbons (Fsp3) is 0.818. The van der Waals surface area contributed by atoms with Crippen LogP contribution in [0.5, 0.6) is 0 Å². The number of hydrogen-bond acceptors (Lipinski definition) is 3. The van der Waals surface area contributed by atoms with Crippen molar-refractivity contribution in [3.05, 3.63) is 0 Å². The lowest BCUT2D eigenvalue weighted by atomic mass is 9.98. The summed E-state index contributed by atoms with van der Waals surface area (Å²) in [7, 11) is 0. The van der Waals surface area contributed by atoms with Gasteiger partial charge in [0.2, 0.25) is 0 Å². The van der Waals surface area contributed by atoms with E-state index >= 15 is 0 Å². The van der Waals surface area contributed by atoms with E-state index in [9.17, 15) is 9.59 Å². The molecule has 17 heavy (non-hydrogen) atoms. The minimum absolute atomic E-state index is 0.153. The molecule has 98 valence electrons. The SMILES string of the molecule is C[C@@H]1CCC[C@H](C)N1C(=O)NCC(O)C(=O)O. The van der Waals surface area contributed by atoms with E-state index in [1.165, 1.54) is 0 Å². The van der Waals surface area contributed by atoms with Crippen LogP contribution < -0.4 is 5.32 Å². The Morgan fingerprint density at radius 2 is 1.88 bits per heavy atom. The fourth-order valence-electron chi connectivity index (χ4n) is 2.18. The van der Waals surface area contributed by atoms with Gasteiger partial charge >= 0.3 is 12.0 Å². The van der Waals surface area contributed by atoms with Crippen LogP contribution in [-0.2, 0) is 4.79 Å². The number of amides is 2. The van der Waals surface area contributed by atoms with Crippen LogP contribution in [0.4, 0.5) is 4.79 Å². The van der Waals surface area contributed by atoms with Crippen molar-refractivity contribution in [2.45, 2.75) is 51.3 Å². The molecule has 0 aromatic carbocycles. The number of nitrogens with zero attached hydrogens (tertiary/aromatic N) is 1. The number of aliphatic hydroxyl groups excluding tert-OH is 1. The first-order valence-corrected chi connectivity index (χ1v) is 5.90. The van der Waals surface area contributed by atoms with E-state index in [-0.39, 0.29) is 24.7 Å². The number of rotatable bonds is 3. The van der Waals surface area contributed by atoms with Gasteiger partial charge in [-0.2, -0.15) is 0 Å². The molecule has 1 heterocycles. The number of carbonyl (C=O) groups is 2. The summed E-state index contributed by atoms with van der Waals surface area (Å²) in [6.07, 6.45) is 1.47. The van der Waals surface area contributed by atoms with Gasteiger partial charge in [0.1, 0.15) is 0 Å². The molecule has 0 bridgehead atoms. The first-order chi connectivity index (χ1) is 7.93. The molecule has 1 rings (SSSR count). The van der Waals surface area contributed by atoms with Gasteiger partial charge in [-0.15, -0.1) is 0 Å². The maximum Gasteiger partial charge on any atom is 0.334 e. The molecule has 0 saturated carbocycles. The van der Waals surface area contributed by atoms with Crippen LogP contribution in [0, 0.1) is 0 Å². The quantitative estimate of drug-likeness (QED) is 0.670. The second-order valence-electron chi connectivity index (χ2n) is 4.58. The third-order valence-electron chi connectivity index (χ3n) is 3.16. The van der Waals surface area contributed by atoms with Crippen LogP contribution in [0.1, 0.15) is 33.1 Å². The average molecular weight is 244 g/mol. The number of piperidine rings is 1. The second kappa shape index (κ2) is 5.86. The number of likely N-dealkylation sites (tertiary alicyclic amines) is 1. The highest BCUT2D eigenvalue weighted by Crippen LogP contribution is 2.22. The van der Waals surface area contributed by atoms with Crippen LogP contribution >= 0.6 is 0 Å². The number of nitrogens with one attached hydrogen (secondary N) is 1. The molecule has 1 unspecified atom stereocenters. The summed E-state index contributed by atoms with van der Waals surface area (Å²) in [4.78, 5) is 24.0. The molecule has 0 aromatic heterocycles. The van der Waals surface area contributed by atoms with Crippen molar-refractivity contribution < 1.29 is 19.8 Å². The van der Waals surface area contributed by atoms with Gasteiger partial charge < -0.3 is 20.4 Å². The third kappa shape index (κ3) is 3.59. The normalized spacial score (nSPS) is 26.4. The number of carboxylic acids is 1. The van der Waals surface area contributed by atoms with Crippen LogP contribution in [0.25, 0.3) is 0 Å². The average Bonchev–Trinajstić information content (AvgIpc) is 2.25. The molecular formula is C11H20N2O4. The molecule has 3 N–H and O–H groups in total. The van der Waals surface area contributed by atoms with Crippen molar-refractivity contribution in [3.63, 3.8) is 0 Å². The van der Waals surface area contributed by atoms with Crippen LogP contribution in [-0.4, -0.2) is 51.8 Å². The van der Waals surface area contributed by atoms with Gasteiger partial charge in [-0.05, 0) is 33.1 Å². The van der Waals surface area contributed by atoms with Gasteiger partial charge in [-0.25, -0.2) is 9.59 Å². The molecule has 0 aliphatic carbocycles. The monoisotopic (exact) mass is 244 g/mol. The standard InChI is InChI=1S/C11H20N2O4/c1-7-4-3-5-8(2)13(7)11(17)12-6-9(14)10(15)16/h7-9,14H,3-6H2,1-2H3,(H,12,17)(H,15,16)/t7-,8+,9?. The van der Waals surface area contributed by atoms with E-state index in [4.69, 9.17) is 10.2 Å². The molecule has 6 nitrogen and oxygen atoms in total. The Morgan fingerprint density at radius 1 is 1.35 bits per heavy atom. The molecule has 1 aliphatic rings. The van der Waals surface area contributed by atoms with Crippen molar-refractivity contribution in [1.82, 2.24) is 10.2 Å². The van der Waals surface area contributed by atoms with Crippen molar-refractivity contribution in [2.24, 2.45) is 0 Å². The smallest absolute Gasteiger partial charge is 0.334 e. The van der Waals surface area contributed by atoms with Gasteiger partial charge in [0.15, 0.2) is 6.10 Å². The molecule has 6 heteroatoms. The maximum atomic E-state index is 11.9. The van der Waals surface area contributed by atoms with E-state index < -0.39 is 12.1 Å². The zero-order chi connectivity index (χ0) is 13.0. The van der Waals surface area contributed by atoms with E-state index in [1.54, 1.807) is 4.90 Å². The summed E-state index contributed by atoms with van der Waals surface area (Å²) in [5.41, 5.74) is 0. The van der Waals surface area contributed by atoms with Crippen molar-refractivity contribution in [1.29, 1.82) is 0 Å².